The zero-order valence-electron chi connectivity index (χ0n) is 10.5. The Hall–Kier alpha value is -1.60. The van der Waals surface area contributed by atoms with Gasteiger partial charge in [-0.1, -0.05) is 18.7 Å². The molecule has 0 aromatic carbocycles. The van der Waals surface area contributed by atoms with Crippen molar-refractivity contribution in [3.8, 4) is 0 Å². The highest BCUT2D eigenvalue weighted by atomic mass is 32.2. The molecule has 0 unspecified atom stereocenters. The molecule has 1 fully saturated rings. The van der Waals surface area contributed by atoms with Crippen LogP contribution in [0, 0.1) is 0 Å². The molecule has 104 valence electrons. The van der Waals surface area contributed by atoms with Crippen LogP contribution in [-0.2, 0) is 9.59 Å². The molecule has 20 heavy (non-hydrogen) atoms. The smallest absolute Gasteiger partial charge is 0.354 e. The third-order valence-electron chi connectivity index (χ3n) is 2.94. The molecule has 3 heterocycles. The van der Waals surface area contributed by atoms with E-state index in [-0.39, 0.29) is 17.0 Å². The van der Waals surface area contributed by atoms with Crippen LogP contribution in [0.15, 0.2) is 38.3 Å². The van der Waals surface area contributed by atoms with Crippen molar-refractivity contribution in [1.29, 1.82) is 0 Å². The molecule has 0 bridgehead atoms. The van der Waals surface area contributed by atoms with Crippen LogP contribution < -0.4 is 0 Å². The van der Waals surface area contributed by atoms with E-state index in [9.17, 15) is 14.7 Å². The molecular formula is C13H11NO4S2. The number of thioether (sulfide) groups is 2. The van der Waals surface area contributed by atoms with Gasteiger partial charge in [0, 0.05) is 0 Å². The van der Waals surface area contributed by atoms with Crippen molar-refractivity contribution < 1.29 is 19.1 Å². The maximum absolute atomic E-state index is 12.1. The molecular weight excluding hydrogens is 298 g/mol. The van der Waals surface area contributed by atoms with Crippen LogP contribution in [-0.4, -0.2) is 33.0 Å². The van der Waals surface area contributed by atoms with Gasteiger partial charge in [-0.15, -0.1) is 11.8 Å². The van der Waals surface area contributed by atoms with Crippen LogP contribution in [0.5, 0.6) is 0 Å². The first-order valence-corrected chi connectivity index (χ1v) is 7.85. The van der Waals surface area contributed by atoms with Crippen LogP contribution in [0.25, 0.3) is 6.08 Å². The van der Waals surface area contributed by atoms with Crippen molar-refractivity contribution in [1.82, 2.24) is 4.90 Å². The number of carboxylic acids is 1. The molecule has 3 rings (SSSR count). The van der Waals surface area contributed by atoms with Crippen molar-refractivity contribution in [2.75, 3.05) is 5.75 Å². The lowest BCUT2D eigenvalue weighted by atomic mass is 10.0. The second kappa shape index (κ2) is 5.06. The Morgan fingerprint density at radius 1 is 1.65 bits per heavy atom. The Morgan fingerprint density at radius 2 is 2.45 bits per heavy atom. The van der Waals surface area contributed by atoms with E-state index in [0.717, 1.165) is 5.75 Å². The van der Waals surface area contributed by atoms with E-state index in [1.165, 1.54) is 34.7 Å². The second-order valence-electron chi connectivity index (χ2n) is 4.13. The molecule has 0 saturated carbocycles. The first-order valence-electron chi connectivity index (χ1n) is 5.99. The fraction of sp³-hybridized carbons (Fsp3) is 0.231. The molecule has 0 aliphatic carbocycles. The Balaban J connectivity index is 1.90. The van der Waals surface area contributed by atoms with E-state index in [2.05, 4.69) is 0 Å². The standard InChI is InChI=1S/C13H11NO4S2/c1-2-19-13-9(12(16)17)14-10(15)8(11(14)20-13)6-7-4-3-5-18-7/h3-6,11H,2H2,1H3,(H,16,17)/t11-/m1/s1. The molecule has 0 radical (unpaired) electrons. The van der Waals surface area contributed by atoms with Crippen LogP contribution in [0.2, 0.25) is 0 Å². The summed E-state index contributed by atoms with van der Waals surface area (Å²) >= 11 is 2.86. The largest absolute Gasteiger partial charge is 0.477 e. The third kappa shape index (κ3) is 1.97. The van der Waals surface area contributed by atoms with E-state index >= 15 is 0 Å². The topological polar surface area (TPSA) is 70.8 Å². The van der Waals surface area contributed by atoms with Gasteiger partial charge in [0.2, 0.25) is 0 Å². The first-order chi connectivity index (χ1) is 9.63. The van der Waals surface area contributed by atoms with Crippen LogP contribution in [0.3, 0.4) is 0 Å². The molecule has 2 aliphatic rings. The molecule has 0 spiro atoms. The van der Waals surface area contributed by atoms with Crippen LogP contribution >= 0.6 is 23.5 Å². The number of nitrogens with zero attached hydrogens (tertiary/aromatic N) is 1. The number of β-lactam (4-membered cyclic amide) rings is 1. The minimum Gasteiger partial charge on any atom is -0.477 e. The number of amides is 1. The number of hydrogen-bond donors (Lipinski definition) is 1. The Kier molecular flexibility index (Phi) is 3.39. The molecule has 1 aromatic rings. The van der Waals surface area contributed by atoms with Gasteiger partial charge in [0.15, 0.2) is 5.70 Å². The second-order valence-corrected chi connectivity index (χ2v) is 6.76. The summed E-state index contributed by atoms with van der Waals surface area (Å²) in [6, 6.07) is 3.50. The normalized spacial score (nSPS) is 23.2. The summed E-state index contributed by atoms with van der Waals surface area (Å²) in [6.07, 6.45) is 3.21. The monoisotopic (exact) mass is 309 g/mol. The van der Waals surface area contributed by atoms with E-state index in [1.807, 2.05) is 6.92 Å². The zero-order valence-corrected chi connectivity index (χ0v) is 12.2. The van der Waals surface area contributed by atoms with Gasteiger partial charge >= 0.3 is 5.97 Å². The number of carboxylic acid groups (broad SMARTS) is 1. The first kappa shape index (κ1) is 13.4. The minimum absolute atomic E-state index is 0.105. The fourth-order valence-electron chi connectivity index (χ4n) is 2.10. The van der Waals surface area contributed by atoms with Gasteiger partial charge in [-0.25, -0.2) is 4.79 Å². The van der Waals surface area contributed by atoms with Gasteiger partial charge < -0.3 is 9.52 Å². The maximum Gasteiger partial charge on any atom is 0.354 e. The SMILES string of the molecule is CCSC1=C(C(=O)O)N2C(=O)C(=Cc3ccco3)[C@H]2S1. The van der Waals surface area contributed by atoms with E-state index in [4.69, 9.17) is 4.42 Å². The van der Waals surface area contributed by atoms with E-state index in [1.54, 1.807) is 18.2 Å². The maximum atomic E-state index is 12.1. The van der Waals surface area contributed by atoms with Crippen molar-refractivity contribution in [2.24, 2.45) is 0 Å². The summed E-state index contributed by atoms with van der Waals surface area (Å²) < 4.78 is 5.89. The van der Waals surface area contributed by atoms with Crippen molar-refractivity contribution in [2.45, 2.75) is 12.3 Å². The van der Waals surface area contributed by atoms with Gasteiger partial charge in [0.05, 0.1) is 16.1 Å². The van der Waals surface area contributed by atoms with E-state index < -0.39 is 5.97 Å². The highest BCUT2D eigenvalue weighted by Gasteiger charge is 2.52. The summed E-state index contributed by atoms with van der Waals surface area (Å²) in [5, 5.41) is 9.03. The molecule has 2 aliphatic heterocycles. The average Bonchev–Trinajstić information content (AvgIpc) is 3.02. The Morgan fingerprint density at radius 3 is 3.05 bits per heavy atom. The van der Waals surface area contributed by atoms with E-state index in [0.29, 0.717) is 15.6 Å². The summed E-state index contributed by atoms with van der Waals surface area (Å²) in [5.41, 5.74) is 0.684. The van der Waals surface area contributed by atoms with Gasteiger partial charge in [0.25, 0.3) is 5.91 Å². The van der Waals surface area contributed by atoms with Crippen LogP contribution in [0.1, 0.15) is 12.7 Å². The van der Waals surface area contributed by atoms with Gasteiger partial charge in [0.1, 0.15) is 11.1 Å². The van der Waals surface area contributed by atoms with Crippen molar-refractivity contribution >= 4 is 41.5 Å². The van der Waals surface area contributed by atoms with Gasteiger partial charge in [-0.2, -0.15) is 0 Å². The number of fused-ring (bicyclic) bond motifs is 1. The zero-order chi connectivity index (χ0) is 14.3. The number of aliphatic carboxylic acids is 1. The summed E-state index contributed by atoms with van der Waals surface area (Å²) in [6.45, 7) is 1.95. The molecule has 1 saturated heterocycles. The lowest BCUT2D eigenvalue weighted by Gasteiger charge is -2.36. The molecule has 1 aromatic heterocycles. The average molecular weight is 309 g/mol. The number of carbonyl (C=O) groups excluding carboxylic acids is 1. The number of hydrogen-bond acceptors (Lipinski definition) is 5. The summed E-state index contributed by atoms with van der Waals surface area (Å²) in [7, 11) is 0. The molecule has 1 amide bonds. The highest BCUT2D eigenvalue weighted by molar-refractivity contribution is 8.22. The van der Waals surface area contributed by atoms with Crippen LogP contribution in [0.4, 0.5) is 0 Å². The van der Waals surface area contributed by atoms with Crippen molar-refractivity contribution in [3.63, 3.8) is 0 Å². The summed E-state index contributed by atoms with van der Waals surface area (Å²) in [4.78, 5) is 24.8. The van der Waals surface area contributed by atoms with Gasteiger partial charge in [-0.05, 0) is 24.0 Å². The predicted molar refractivity (Wildman–Crippen MR) is 77.7 cm³/mol. The lowest BCUT2D eigenvalue weighted by Crippen LogP contribution is -2.51. The quantitative estimate of drug-likeness (QED) is 0.681. The lowest BCUT2D eigenvalue weighted by molar-refractivity contribution is -0.141. The minimum atomic E-state index is -1.05. The molecule has 1 N–H and O–H groups in total. The van der Waals surface area contributed by atoms with Crippen molar-refractivity contribution in [3.05, 3.63) is 39.7 Å². The Bertz CT molecular complexity index is 633. The third-order valence-corrected chi connectivity index (χ3v) is 5.42. The van der Waals surface area contributed by atoms with Gasteiger partial charge in [-0.3, -0.25) is 9.69 Å². The predicted octanol–water partition coefficient (Wildman–Crippen LogP) is 2.58. The molecule has 5 nitrogen and oxygen atoms in total. The fourth-order valence-corrected chi connectivity index (χ4v) is 4.68. The molecule has 1 atom stereocenters. The highest BCUT2D eigenvalue weighted by Crippen LogP contribution is 2.52. The Labute approximate surface area is 123 Å². The molecule has 7 heteroatoms. The number of carbonyl (C=O) groups is 2. The number of rotatable bonds is 4. The number of furan rings is 1. The summed E-state index contributed by atoms with van der Waals surface area (Å²) in [5.74, 6) is 0.0527.